The van der Waals surface area contributed by atoms with Gasteiger partial charge in [0.2, 0.25) is 0 Å². The smallest absolute Gasteiger partial charge is 0.258 e. The van der Waals surface area contributed by atoms with Crippen molar-refractivity contribution in [1.82, 2.24) is 4.98 Å². The standard InChI is InChI=1S/C6H2BrF3N2O2S/c7-5-4(15-6(8,9)10)3(12(13)14)1-2-11-5/h1-2H. The zero-order chi connectivity index (χ0) is 11.6. The van der Waals surface area contributed by atoms with Gasteiger partial charge in [-0.15, -0.1) is 0 Å². The molecule has 0 amide bonds. The van der Waals surface area contributed by atoms with Gasteiger partial charge in [-0.05, 0) is 27.7 Å². The molecule has 0 aliphatic heterocycles. The first-order valence-electron chi connectivity index (χ1n) is 3.36. The fourth-order valence-electron chi connectivity index (χ4n) is 0.767. The van der Waals surface area contributed by atoms with Gasteiger partial charge in [-0.3, -0.25) is 10.1 Å². The van der Waals surface area contributed by atoms with Crippen molar-refractivity contribution in [1.29, 1.82) is 0 Å². The van der Waals surface area contributed by atoms with Gasteiger partial charge in [0.05, 0.1) is 4.92 Å². The van der Waals surface area contributed by atoms with Crippen molar-refractivity contribution in [3.63, 3.8) is 0 Å². The van der Waals surface area contributed by atoms with Crippen molar-refractivity contribution in [2.24, 2.45) is 0 Å². The molecule has 82 valence electrons. The lowest BCUT2D eigenvalue weighted by molar-refractivity contribution is -0.388. The molecule has 0 aromatic carbocycles. The number of halogens is 4. The first-order valence-corrected chi connectivity index (χ1v) is 4.97. The Morgan fingerprint density at radius 1 is 1.53 bits per heavy atom. The van der Waals surface area contributed by atoms with Crippen molar-refractivity contribution in [3.8, 4) is 0 Å². The number of alkyl halides is 3. The Balaban J connectivity index is 3.19. The predicted octanol–water partition coefficient (Wildman–Crippen LogP) is 3.36. The van der Waals surface area contributed by atoms with Crippen LogP contribution in [0.4, 0.5) is 18.9 Å². The summed E-state index contributed by atoms with van der Waals surface area (Å²) in [7, 11) is 0. The molecule has 0 saturated carbocycles. The minimum atomic E-state index is -4.59. The Bertz CT molecular complexity index is 398. The van der Waals surface area contributed by atoms with Gasteiger partial charge in [-0.25, -0.2) is 4.98 Å². The fraction of sp³-hybridized carbons (Fsp3) is 0.167. The number of hydrogen-bond acceptors (Lipinski definition) is 4. The fourth-order valence-corrected chi connectivity index (χ4v) is 1.95. The van der Waals surface area contributed by atoms with Gasteiger partial charge in [-0.1, -0.05) is 0 Å². The van der Waals surface area contributed by atoms with E-state index in [1.165, 1.54) is 0 Å². The highest BCUT2D eigenvalue weighted by atomic mass is 79.9. The third-order valence-electron chi connectivity index (χ3n) is 1.25. The van der Waals surface area contributed by atoms with Crippen molar-refractivity contribution in [2.75, 3.05) is 0 Å². The van der Waals surface area contributed by atoms with Gasteiger partial charge in [0.15, 0.2) is 0 Å². The number of aromatic nitrogens is 1. The number of nitro groups is 1. The minimum Gasteiger partial charge on any atom is -0.258 e. The molecule has 0 N–H and O–H groups in total. The highest BCUT2D eigenvalue weighted by Crippen LogP contribution is 2.43. The molecule has 0 unspecified atom stereocenters. The molecule has 1 heterocycles. The van der Waals surface area contributed by atoms with Crippen molar-refractivity contribution in [3.05, 3.63) is 27.0 Å². The third-order valence-corrected chi connectivity index (χ3v) is 2.96. The van der Waals surface area contributed by atoms with Crippen molar-refractivity contribution in [2.45, 2.75) is 10.4 Å². The Labute approximate surface area is 94.2 Å². The molecule has 1 aromatic rings. The summed E-state index contributed by atoms with van der Waals surface area (Å²) in [5.41, 5.74) is -5.21. The maximum absolute atomic E-state index is 12.1. The molecule has 0 aliphatic carbocycles. The monoisotopic (exact) mass is 302 g/mol. The summed E-state index contributed by atoms with van der Waals surface area (Å²) in [6, 6.07) is 0.916. The van der Waals surface area contributed by atoms with Gasteiger partial charge >= 0.3 is 5.51 Å². The summed E-state index contributed by atoms with van der Waals surface area (Å²) in [6.45, 7) is 0. The molecule has 15 heavy (non-hydrogen) atoms. The van der Waals surface area contributed by atoms with Crippen LogP contribution in [-0.2, 0) is 0 Å². The second-order valence-electron chi connectivity index (χ2n) is 2.25. The van der Waals surface area contributed by atoms with E-state index >= 15 is 0 Å². The minimum absolute atomic E-state index is 0.195. The Morgan fingerprint density at radius 3 is 2.60 bits per heavy atom. The van der Waals surface area contributed by atoms with Crippen LogP contribution in [0.2, 0.25) is 0 Å². The SMILES string of the molecule is O=[N+]([O-])c1ccnc(Br)c1SC(F)(F)F. The average molecular weight is 303 g/mol. The maximum atomic E-state index is 12.1. The van der Waals surface area contributed by atoms with Crippen molar-refractivity contribution >= 4 is 33.4 Å². The Morgan fingerprint density at radius 2 is 2.13 bits per heavy atom. The van der Waals surface area contributed by atoms with Crippen LogP contribution in [0.3, 0.4) is 0 Å². The lowest BCUT2D eigenvalue weighted by atomic mass is 10.4. The molecular formula is C6H2BrF3N2O2S. The largest absolute Gasteiger partial charge is 0.446 e. The van der Waals surface area contributed by atoms with Crippen LogP contribution in [0, 0.1) is 10.1 Å². The molecule has 9 heteroatoms. The van der Waals surface area contributed by atoms with E-state index in [0.29, 0.717) is 0 Å². The summed E-state index contributed by atoms with van der Waals surface area (Å²) in [5.74, 6) is 0. The number of pyridine rings is 1. The van der Waals surface area contributed by atoms with Gasteiger partial charge < -0.3 is 0 Å². The summed E-state index contributed by atoms with van der Waals surface area (Å²) >= 11 is 2.16. The predicted molar refractivity (Wildman–Crippen MR) is 50.5 cm³/mol. The second kappa shape index (κ2) is 4.35. The van der Waals surface area contributed by atoms with Gasteiger partial charge in [-0.2, -0.15) is 13.2 Å². The molecule has 0 radical (unpaired) electrons. The molecule has 0 fully saturated rings. The Kier molecular flexibility index (Phi) is 3.55. The van der Waals surface area contributed by atoms with E-state index in [9.17, 15) is 23.3 Å². The van der Waals surface area contributed by atoms with E-state index in [1.807, 2.05) is 0 Å². The average Bonchev–Trinajstić information content (AvgIpc) is 2.05. The molecule has 0 saturated heterocycles. The van der Waals surface area contributed by atoms with Crippen molar-refractivity contribution < 1.29 is 18.1 Å². The van der Waals surface area contributed by atoms with E-state index in [1.54, 1.807) is 0 Å². The van der Waals surface area contributed by atoms with E-state index < -0.39 is 32.8 Å². The Hall–Kier alpha value is -0.830. The number of hydrogen-bond donors (Lipinski definition) is 0. The number of thioether (sulfide) groups is 1. The quantitative estimate of drug-likeness (QED) is 0.364. The zero-order valence-electron chi connectivity index (χ0n) is 6.79. The van der Waals surface area contributed by atoms with Gasteiger partial charge in [0.25, 0.3) is 5.69 Å². The zero-order valence-corrected chi connectivity index (χ0v) is 9.19. The lowest BCUT2D eigenvalue weighted by Gasteiger charge is -2.06. The summed E-state index contributed by atoms with van der Waals surface area (Å²) in [6.07, 6.45) is 1.06. The summed E-state index contributed by atoms with van der Waals surface area (Å²) in [4.78, 5) is 12.5. The first kappa shape index (κ1) is 12.2. The van der Waals surface area contributed by atoms with Gasteiger partial charge in [0.1, 0.15) is 9.50 Å². The van der Waals surface area contributed by atoms with E-state index in [2.05, 4.69) is 20.9 Å². The summed E-state index contributed by atoms with van der Waals surface area (Å²) in [5, 5.41) is 10.4. The second-order valence-corrected chi connectivity index (χ2v) is 4.08. The molecule has 0 aliphatic rings. The van der Waals surface area contributed by atoms with Crippen LogP contribution in [0.25, 0.3) is 0 Å². The highest BCUT2D eigenvalue weighted by molar-refractivity contribution is 9.10. The highest BCUT2D eigenvalue weighted by Gasteiger charge is 2.34. The van der Waals surface area contributed by atoms with Crippen LogP contribution in [0.5, 0.6) is 0 Å². The van der Waals surface area contributed by atoms with Crippen LogP contribution in [0.15, 0.2) is 21.8 Å². The third kappa shape index (κ3) is 3.34. The van der Waals surface area contributed by atoms with E-state index in [-0.39, 0.29) is 4.60 Å². The first-order chi connectivity index (χ1) is 6.81. The normalized spacial score (nSPS) is 11.5. The molecule has 0 atom stereocenters. The van der Waals surface area contributed by atoms with Gasteiger partial charge in [0, 0.05) is 12.3 Å². The maximum Gasteiger partial charge on any atom is 0.446 e. The van der Waals surface area contributed by atoms with Crippen LogP contribution < -0.4 is 0 Å². The van der Waals surface area contributed by atoms with E-state index in [4.69, 9.17) is 0 Å². The molecule has 1 rings (SSSR count). The molecular weight excluding hydrogens is 301 g/mol. The topological polar surface area (TPSA) is 56.0 Å². The number of rotatable bonds is 2. The molecule has 4 nitrogen and oxygen atoms in total. The number of nitrogens with zero attached hydrogens (tertiary/aromatic N) is 2. The van der Waals surface area contributed by atoms with Crippen LogP contribution in [-0.4, -0.2) is 15.4 Å². The van der Waals surface area contributed by atoms with Crippen LogP contribution >= 0.6 is 27.7 Å². The van der Waals surface area contributed by atoms with E-state index in [0.717, 1.165) is 12.3 Å². The lowest BCUT2D eigenvalue weighted by Crippen LogP contribution is -2.02. The molecule has 1 aromatic heterocycles. The molecule has 0 bridgehead atoms. The molecule has 0 spiro atoms. The van der Waals surface area contributed by atoms with Crippen LogP contribution in [0.1, 0.15) is 0 Å². The summed E-state index contributed by atoms with van der Waals surface area (Å²) < 4.78 is 36.0.